The highest BCUT2D eigenvalue weighted by atomic mass is 32.1. The Balaban J connectivity index is 1.44. The number of ether oxygens (including phenoxy) is 1. The van der Waals surface area contributed by atoms with Crippen molar-refractivity contribution in [1.82, 2.24) is 4.57 Å². The van der Waals surface area contributed by atoms with Crippen LogP contribution in [0.1, 0.15) is 56.2 Å². The second-order valence-corrected chi connectivity index (χ2v) is 10.5. The lowest BCUT2D eigenvalue weighted by molar-refractivity contribution is -0.175. The molecule has 5 aliphatic rings. The Morgan fingerprint density at radius 3 is 2.81 bits per heavy atom. The minimum Gasteiger partial charge on any atom is -0.390 e. The number of hydrogen-bond acceptors (Lipinski definition) is 4. The van der Waals surface area contributed by atoms with Crippen LogP contribution in [-0.2, 0) is 16.1 Å². The number of aryl methyl sites for hydroxylation is 1. The van der Waals surface area contributed by atoms with E-state index >= 15 is 0 Å². The monoisotopic (exact) mass is 376 g/mol. The summed E-state index contributed by atoms with van der Waals surface area (Å²) in [6.45, 7) is 3.68. The molecule has 0 aromatic carbocycles. The van der Waals surface area contributed by atoms with Gasteiger partial charge >= 0.3 is 0 Å². The molecule has 3 atom stereocenters. The van der Waals surface area contributed by atoms with Crippen molar-refractivity contribution >= 4 is 17.2 Å². The van der Waals surface area contributed by atoms with Crippen LogP contribution in [-0.4, -0.2) is 33.9 Å². The summed E-state index contributed by atoms with van der Waals surface area (Å²) in [4.78, 5) is 19.9. The number of rotatable bonds is 3. The molecule has 4 bridgehead atoms. The lowest BCUT2D eigenvalue weighted by Crippen LogP contribution is -2.58. The van der Waals surface area contributed by atoms with Gasteiger partial charge in [-0.05, 0) is 70.1 Å². The molecule has 26 heavy (non-hydrogen) atoms. The van der Waals surface area contributed by atoms with Crippen LogP contribution in [0.4, 0.5) is 0 Å². The van der Waals surface area contributed by atoms with E-state index in [1.165, 1.54) is 11.3 Å². The molecule has 2 unspecified atom stereocenters. The lowest BCUT2D eigenvalue weighted by Gasteiger charge is -2.58. The van der Waals surface area contributed by atoms with Gasteiger partial charge in [0.2, 0.25) is 0 Å². The third-order valence-corrected chi connectivity index (χ3v) is 7.88. The summed E-state index contributed by atoms with van der Waals surface area (Å²) in [7, 11) is 0. The van der Waals surface area contributed by atoms with Gasteiger partial charge in [0.25, 0.3) is 5.91 Å². The number of hydrogen-bond donors (Lipinski definition) is 1. The first kappa shape index (κ1) is 17.1. The van der Waals surface area contributed by atoms with Gasteiger partial charge in [-0.3, -0.25) is 4.79 Å². The van der Waals surface area contributed by atoms with E-state index < -0.39 is 11.0 Å². The summed E-state index contributed by atoms with van der Waals surface area (Å²) in [5, 5.41) is 10.9. The Bertz CT molecular complexity index is 775. The molecule has 2 heterocycles. The lowest BCUT2D eigenvalue weighted by atomic mass is 9.47. The van der Waals surface area contributed by atoms with Crippen LogP contribution in [0, 0.1) is 24.2 Å². The molecule has 5 fully saturated rings. The van der Waals surface area contributed by atoms with E-state index in [1.54, 1.807) is 11.3 Å². The fourth-order valence-corrected chi connectivity index (χ4v) is 7.24. The molecule has 6 rings (SSSR count). The molecule has 1 saturated heterocycles. The number of carbonyl (C=O) groups is 1. The third kappa shape index (κ3) is 2.90. The molecule has 0 spiro atoms. The van der Waals surface area contributed by atoms with E-state index in [1.807, 2.05) is 0 Å². The van der Waals surface area contributed by atoms with E-state index in [4.69, 9.17) is 4.74 Å². The van der Waals surface area contributed by atoms with Crippen molar-refractivity contribution < 1.29 is 14.6 Å². The minimum atomic E-state index is -0.617. The molecular weight excluding hydrogens is 348 g/mol. The largest absolute Gasteiger partial charge is 0.390 e. The molecule has 5 nitrogen and oxygen atoms in total. The van der Waals surface area contributed by atoms with Crippen molar-refractivity contribution in [3.8, 4) is 0 Å². The van der Waals surface area contributed by atoms with E-state index in [-0.39, 0.29) is 12.0 Å². The van der Waals surface area contributed by atoms with Crippen LogP contribution in [0.5, 0.6) is 0 Å². The van der Waals surface area contributed by atoms with Gasteiger partial charge in [-0.25, -0.2) is 0 Å². The normalized spacial score (nSPS) is 41.9. The van der Waals surface area contributed by atoms with E-state index in [0.29, 0.717) is 18.3 Å². The number of nitrogens with zero attached hydrogens (tertiary/aromatic N) is 2. The van der Waals surface area contributed by atoms with Gasteiger partial charge in [0.1, 0.15) is 0 Å². The Hall–Kier alpha value is -0.980. The first-order valence-electron chi connectivity index (χ1n) is 10.0. The van der Waals surface area contributed by atoms with Crippen molar-refractivity contribution in [2.45, 2.75) is 76.5 Å². The Labute approximate surface area is 158 Å². The molecule has 142 valence electrons. The van der Waals surface area contributed by atoms with E-state index in [9.17, 15) is 9.90 Å². The maximum atomic E-state index is 13.3. The summed E-state index contributed by atoms with van der Waals surface area (Å²) in [6.07, 6.45) is 9.93. The first-order valence-corrected chi connectivity index (χ1v) is 10.8. The van der Waals surface area contributed by atoms with Crippen LogP contribution >= 0.6 is 11.3 Å². The predicted molar refractivity (Wildman–Crippen MR) is 98.7 cm³/mol. The zero-order valence-electron chi connectivity index (χ0n) is 15.4. The average Bonchev–Trinajstić information content (AvgIpc) is 3.15. The molecule has 4 aliphatic carbocycles. The van der Waals surface area contributed by atoms with Crippen molar-refractivity contribution in [1.29, 1.82) is 0 Å². The van der Waals surface area contributed by atoms with Gasteiger partial charge in [-0.1, -0.05) is 0 Å². The smallest absolute Gasteiger partial charge is 0.254 e. The van der Waals surface area contributed by atoms with E-state index in [2.05, 4.69) is 22.7 Å². The number of aliphatic hydroxyl groups is 1. The highest BCUT2D eigenvalue weighted by molar-refractivity contribution is 7.09. The molecule has 1 aromatic rings. The number of amides is 1. The molecule has 6 heteroatoms. The van der Waals surface area contributed by atoms with Crippen LogP contribution in [0.25, 0.3) is 0 Å². The molecule has 1 amide bonds. The summed E-state index contributed by atoms with van der Waals surface area (Å²) in [5.41, 5.74) is -1.04. The topological polar surface area (TPSA) is 63.8 Å². The second kappa shape index (κ2) is 6.01. The van der Waals surface area contributed by atoms with Crippen molar-refractivity contribution in [3.63, 3.8) is 0 Å². The van der Waals surface area contributed by atoms with Gasteiger partial charge in [0, 0.05) is 17.7 Å². The standard InChI is InChI=1S/C20H28N2O3S/c1-13-10-22(11-16-3-2-4-25-16)18(26-13)21-17(23)19-6-14-5-15(7-19)9-20(24,8-14)12-19/h10,14-16,24H,2-9,11-12H2,1H3/b21-18-/t14?,15?,16-,19?,20?/m1/s1. The number of aromatic nitrogens is 1. The second-order valence-electron chi connectivity index (χ2n) is 9.29. The van der Waals surface area contributed by atoms with Crippen molar-refractivity contribution in [2.75, 3.05) is 6.61 Å². The predicted octanol–water partition coefficient (Wildman–Crippen LogP) is 2.80. The molecular formula is C20H28N2O3S. The fraction of sp³-hybridized carbons (Fsp3) is 0.800. The van der Waals surface area contributed by atoms with E-state index in [0.717, 1.165) is 56.5 Å². The quantitative estimate of drug-likeness (QED) is 0.882. The zero-order valence-corrected chi connectivity index (χ0v) is 16.3. The SMILES string of the molecule is Cc1cn(C[C@H]2CCCO2)/c(=N/C(=O)C23CC4CC(CC(O)(C4)C2)C3)s1. The Morgan fingerprint density at radius 1 is 1.38 bits per heavy atom. The summed E-state index contributed by atoms with van der Waals surface area (Å²) >= 11 is 1.59. The zero-order chi connectivity index (χ0) is 17.9. The fourth-order valence-electron chi connectivity index (χ4n) is 6.40. The highest BCUT2D eigenvalue weighted by Crippen LogP contribution is 2.61. The van der Waals surface area contributed by atoms with Crippen LogP contribution < -0.4 is 4.80 Å². The van der Waals surface area contributed by atoms with Gasteiger partial charge in [-0.2, -0.15) is 4.99 Å². The molecule has 0 radical (unpaired) electrons. The molecule has 4 saturated carbocycles. The molecule has 1 N–H and O–H groups in total. The van der Waals surface area contributed by atoms with Crippen LogP contribution in [0.15, 0.2) is 11.2 Å². The minimum absolute atomic E-state index is 0.00738. The summed E-state index contributed by atoms with van der Waals surface area (Å²) in [6, 6.07) is 0. The number of carbonyl (C=O) groups excluding carboxylic acids is 1. The van der Waals surface area contributed by atoms with Crippen molar-refractivity contribution in [2.24, 2.45) is 22.2 Å². The third-order valence-electron chi connectivity index (χ3n) is 6.94. The van der Waals surface area contributed by atoms with Crippen molar-refractivity contribution in [3.05, 3.63) is 15.9 Å². The van der Waals surface area contributed by atoms with Gasteiger partial charge in [0.05, 0.1) is 23.7 Å². The van der Waals surface area contributed by atoms with Gasteiger partial charge < -0.3 is 14.4 Å². The maximum Gasteiger partial charge on any atom is 0.254 e. The van der Waals surface area contributed by atoms with Gasteiger partial charge in [-0.15, -0.1) is 11.3 Å². The first-order chi connectivity index (χ1) is 12.4. The average molecular weight is 377 g/mol. The van der Waals surface area contributed by atoms with Crippen LogP contribution in [0.2, 0.25) is 0 Å². The highest BCUT2D eigenvalue weighted by Gasteiger charge is 2.60. The summed E-state index contributed by atoms with van der Waals surface area (Å²) in [5.74, 6) is 1.02. The Morgan fingerprint density at radius 2 is 2.15 bits per heavy atom. The number of thiazole rings is 1. The molecule has 1 aromatic heterocycles. The summed E-state index contributed by atoms with van der Waals surface area (Å²) < 4.78 is 7.86. The maximum absolute atomic E-state index is 13.3. The van der Waals surface area contributed by atoms with Crippen LogP contribution in [0.3, 0.4) is 0 Å². The molecule has 1 aliphatic heterocycles. The van der Waals surface area contributed by atoms with Gasteiger partial charge in [0.15, 0.2) is 4.80 Å². The Kier molecular flexibility index (Phi) is 3.96.